The van der Waals surface area contributed by atoms with Gasteiger partial charge < -0.3 is 20.7 Å². The molecule has 2 aromatic carbocycles. The van der Waals surface area contributed by atoms with E-state index < -0.39 is 23.5 Å². The van der Waals surface area contributed by atoms with Crippen molar-refractivity contribution in [3.8, 4) is 11.8 Å². The summed E-state index contributed by atoms with van der Waals surface area (Å²) in [5.41, 5.74) is -0.407. The number of carbonyl (C=O) groups is 1. The van der Waals surface area contributed by atoms with Crippen molar-refractivity contribution in [1.82, 2.24) is 20.2 Å². The lowest BCUT2D eigenvalue weighted by Gasteiger charge is -2.15. The first-order chi connectivity index (χ1) is 17.0. The summed E-state index contributed by atoms with van der Waals surface area (Å²) in [5, 5.41) is 14.9. The maximum Gasteiger partial charge on any atom is 0.420 e. The van der Waals surface area contributed by atoms with E-state index in [9.17, 15) is 18.0 Å². The van der Waals surface area contributed by atoms with E-state index in [1.807, 2.05) is 0 Å². The average molecular weight is 538 g/mol. The summed E-state index contributed by atoms with van der Waals surface area (Å²) in [6, 6.07) is 11.3. The van der Waals surface area contributed by atoms with Crippen molar-refractivity contribution in [1.29, 1.82) is 0 Å². The number of hydrogen-bond donors (Lipinski definition) is 4. The molecular formula is C22H16Cl2F3N7O2. The van der Waals surface area contributed by atoms with Crippen molar-refractivity contribution in [2.75, 3.05) is 16.0 Å². The second kappa shape index (κ2) is 10.3. The van der Waals surface area contributed by atoms with Gasteiger partial charge in [-0.2, -0.15) is 23.3 Å². The third kappa shape index (κ3) is 6.55. The standard InChI is InChI=1S/C22H16Cl2F3N7O2/c1-11-8-18(31-19-10-17(24)33-34-19)32-21(28-11)36-16-7-6-14(9-15(16)22(25,26)27)30-20(35)29-13-4-2-12(23)3-5-13/h2-10H,1H3,(H2,29,30,35)(H2,28,31,32,33,34). The van der Waals surface area contributed by atoms with E-state index in [1.165, 1.54) is 12.1 Å². The van der Waals surface area contributed by atoms with E-state index in [1.54, 1.807) is 37.3 Å². The van der Waals surface area contributed by atoms with Crippen LogP contribution in [0.1, 0.15) is 11.3 Å². The number of nitrogens with zero attached hydrogens (tertiary/aromatic N) is 3. The fourth-order valence-electron chi connectivity index (χ4n) is 2.99. The number of H-pyrrole nitrogens is 1. The van der Waals surface area contributed by atoms with Crippen molar-refractivity contribution in [3.05, 3.63) is 76.0 Å². The molecule has 0 radical (unpaired) electrons. The zero-order valence-corrected chi connectivity index (χ0v) is 19.8. The Morgan fingerprint density at radius 3 is 2.31 bits per heavy atom. The zero-order chi connectivity index (χ0) is 25.9. The molecule has 0 aliphatic heterocycles. The summed E-state index contributed by atoms with van der Waals surface area (Å²) in [7, 11) is 0. The van der Waals surface area contributed by atoms with Gasteiger partial charge in [0.2, 0.25) is 0 Å². The first-order valence-corrected chi connectivity index (χ1v) is 10.9. The molecule has 2 aromatic heterocycles. The van der Waals surface area contributed by atoms with Crippen LogP contribution in [0.2, 0.25) is 10.2 Å². The van der Waals surface area contributed by atoms with Gasteiger partial charge in [-0.3, -0.25) is 5.10 Å². The molecule has 9 nitrogen and oxygen atoms in total. The Labute approximate surface area is 212 Å². The number of rotatable bonds is 6. The van der Waals surface area contributed by atoms with Crippen molar-refractivity contribution < 1.29 is 22.7 Å². The first-order valence-electron chi connectivity index (χ1n) is 10.1. The van der Waals surface area contributed by atoms with Gasteiger partial charge in [-0.1, -0.05) is 23.2 Å². The lowest BCUT2D eigenvalue weighted by atomic mass is 10.1. The Morgan fingerprint density at radius 2 is 1.64 bits per heavy atom. The van der Waals surface area contributed by atoms with Crippen LogP contribution in [-0.4, -0.2) is 26.2 Å². The number of anilines is 4. The number of benzene rings is 2. The molecule has 2 heterocycles. The van der Waals surface area contributed by atoms with Crippen LogP contribution in [0.4, 0.5) is 41.0 Å². The van der Waals surface area contributed by atoms with Crippen molar-refractivity contribution in [2.45, 2.75) is 13.1 Å². The second-order valence-electron chi connectivity index (χ2n) is 7.30. The summed E-state index contributed by atoms with van der Waals surface area (Å²) < 4.78 is 46.8. The summed E-state index contributed by atoms with van der Waals surface area (Å²) >= 11 is 11.6. The third-order valence-corrected chi connectivity index (χ3v) is 4.93. The number of nitrogens with one attached hydrogen (secondary N) is 4. The van der Waals surface area contributed by atoms with Gasteiger partial charge in [-0.15, -0.1) is 0 Å². The number of aromatic amines is 1. The maximum absolute atomic E-state index is 13.8. The number of alkyl halides is 3. The van der Waals surface area contributed by atoms with Crippen molar-refractivity contribution >= 4 is 52.2 Å². The molecular weight excluding hydrogens is 522 g/mol. The molecule has 0 aliphatic rings. The van der Waals surface area contributed by atoms with Crippen molar-refractivity contribution in [2.24, 2.45) is 0 Å². The Kier molecular flexibility index (Phi) is 7.17. The topological polar surface area (TPSA) is 117 Å². The molecule has 186 valence electrons. The number of halogens is 5. The minimum absolute atomic E-state index is 0.107. The van der Waals surface area contributed by atoms with Crippen LogP contribution < -0.4 is 20.7 Å². The highest BCUT2D eigenvalue weighted by Gasteiger charge is 2.35. The number of amides is 2. The molecule has 2 amide bonds. The SMILES string of the molecule is Cc1cc(Nc2cc(Cl)[nH]n2)nc(Oc2ccc(NC(=O)Nc3ccc(Cl)cc3)cc2C(F)(F)F)n1. The minimum atomic E-state index is -4.80. The number of carbonyl (C=O) groups excluding carboxylic acids is 1. The quantitative estimate of drug-likeness (QED) is 0.210. The van der Waals surface area contributed by atoms with Crippen LogP contribution in [0.3, 0.4) is 0 Å². The van der Waals surface area contributed by atoms with Gasteiger partial charge in [0.25, 0.3) is 0 Å². The van der Waals surface area contributed by atoms with Gasteiger partial charge in [0.05, 0.1) is 0 Å². The van der Waals surface area contributed by atoms with Gasteiger partial charge >= 0.3 is 18.2 Å². The summed E-state index contributed by atoms with van der Waals surface area (Å²) in [6.07, 6.45) is -4.80. The van der Waals surface area contributed by atoms with E-state index in [0.29, 0.717) is 22.2 Å². The Hall–Kier alpha value is -4.03. The van der Waals surface area contributed by atoms with Gasteiger partial charge in [0, 0.05) is 34.2 Å². The second-order valence-corrected chi connectivity index (χ2v) is 8.14. The van der Waals surface area contributed by atoms with Crippen LogP contribution in [0.25, 0.3) is 0 Å². The summed E-state index contributed by atoms with van der Waals surface area (Å²) in [4.78, 5) is 20.3. The molecule has 0 aliphatic carbocycles. The van der Waals surface area contributed by atoms with Gasteiger partial charge in [0.15, 0.2) is 5.82 Å². The number of aryl methyl sites for hydroxylation is 1. The number of urea groups is 1. The molecule has 0 saturated carbocycles. The molecule has 36 heavy (non-hydrogen) atoms. The Balaban J connectivity index is 1.54. The normalized spacial score (nSPS) is 11.2. The Bertz CT molecular complexity index is 1400. The van der Waals surface area contributed by atoms with Crippen LogP contribution in [0, 0.1) is 6.92 Å². The zero-order valence-electron chi connectivity index (χ0n) is 18.2. The summed E-state index contributed by atoms with van der Waals surface area (Å²) in [5.74, 6) is 0.0178. The Morgan fingerprint density at radius 1 is 0.944 bits per heavy atom. The van der Waals surface area contributed by atoms with E-state index in [-0.39, 0.29) is 22.7 Å². The fourth-order valence-corrected chi connectivity index (χ4v) is 3.26. The average Bonchev–Trinajstić information content (AvgIpc) is 3.19. The van der Waals surface area contributed by atoms with Crippen molar-refractivity contribution in [3.63, 3.8) is 0 Å². The molecule has 0 unspecified atom stereocenters. The highest BCUT2D eigenvalue weighted by atomic mass is 35.5. The third-order valence-electron chi connectivity index (χ3n) is 4.48. The molecule has 14 heteroatoms. The lowest BCUT2D eigenvalue weighted by molar-refractivity contribution is -0.138. The highest BCUT2D eigenvalue weighted by molar-refractivity contribution is 6.30. The largest absolute Gasteiger partial charge is 0.424 e. The van der Waals surface area contributed by atoms with Crippen LogP contribution >= 0.6 is 23.2 Å². The maximum atomic E-state index is 13.8. The lowest BCUT2D eigenvalue weighted by Crippen LogP contribution is -2.20. The molecule has 0 spiro atoms. The van der Waals surface area contributed by atoms with Crippen LogP contribution in [0.5, 0.6) is 11.8 Å². The van der Waals surface area contributed by atoms with E-state index in [0.717, 1.165) is 12.1 Å². The number of aromatic nitrogens is 4. The van der Waals surface area contributed by atoms with E-state index >= 15 is 0 Å². The molecule has 0 bridgehead atoms. The fraction of sp³-hybridized carbons (Fsp3) is 0.0909. The molecule has 0 saturated heterocycles. The van der Waals surface area contributed by atoms with Gasteiger partial charge in [0.1, 0.15) is 22.3 Å². The van der Waals surface area contributed by atoms with Gasteiger partial charge in [-0.25, -0.2) is 9.78 Å². The molecule has 0 fully saturated rings. The number of ether oxygens (including phenoxy) is 1. The van der Waals surface area contributed by atoms with Gasteiger partial charge in [-0.05, 0) is 49.4 Å². The minimum Gasteiger partial charge on any atom is -0.424 e. The summed E-state index contributed by atoms with van der Waals surface area (Å²) in [6.45, 7) is 1.62. The van der Waals surface area contributed by atoms with Crippen LogP contribution in [0.15, 0.2) is 54.6 Å². The monoisotopic (exact) mass is 537 g/mol. The number of hydrogen-bond acceptors (Lipinski definition) is 6. The molecule has 4 aromatic rings. The highest BCUT2D eigenvalue weighted by Crippen LogP contribution is 2.39. The first kappa shape index (κ1) is 25.1. The van der Waals surface area contributed by atoms with E-state index in [4.69, 9.17) is 27.9 Å². The predicted molar refractivity (Wildman–Crippen MR) is 129 cm³/mol. The van der Waals surface area contributed by atoms with E-state index in [2.05, 4.69) is 36.1 Å². The molecule has 4 rings (SSSR count). The smallest absolute Gasteiger partial charge is 0.420 e. The van der Waals surface area contributed by atoms with Crippen LogP contribution in [-0.2, 0) is 6.18 Å². The molecule has 0 atom stereocenters. The predicted octanol–water partition coefficient (Wildman–Crippen LogP) is 7.01. The molecule has 4 N–H and O–H groups in total.